The highest BCUT2D eigenvalue weighted by Crippen LogP contribution is 2.34. The molecule has 0 amide bonds. The first-order valence-electron chi connectivity index (χ1n) is 4.06. The van der Waals surface area contributed by atoms with Crippen LogP contribution in [0.25, 0.3) is 0 Å². The van der Waals surface area contributed by atoms with Crippen molar-refractivity contribution in [3.63, 3.8) is 0 Å². The molecule has 0 aliphatic rings. The summed E-state index contributed by atoms with van der Waals surface area (Å²) in [6.07, 6.45) is -3.86. The standard InChI is InChI=1S/C9H6F4N2/c1-2-5-4-15-6(3-14)7(8(5)10)9(11,12)13/h4H,2H2,1H3. The number of nitriles is 1. The second-order valence-corrected chi connectivity index (χ2v) is 2.78. The van der Waals surface area contributed by atoms with Crippen LogP contribution in [0.5, 0.6) is 0 Å². The van der Waals surface area contributed by atoms with Gasteiger partial charge in [-0.15, -0.1) is 0 Å². The predicted octanol–water partition coefficient (Wildman–Crippen LogP) is 2.67. The molecule has 0 saturated carbocycles. The average molecular weight is 218 g/mol. The van der Waals surface area contributed by atoms with Gasteiger partial charge in [0.15, 0.2) is 5.69 Å². The highest BCUT2D eigenvalue weighted by molar-refractivity contribution is 5.37. The topological polar surface area (TPSA) is 36.7 Å². The summed E-state index contributed by atoms with van der Waals surface area (Å²) in [5.74, 6) is -1.41. The molecule has 0 atom stereocenters. The van der Waals surface area contributed by atoms with Crippen LogP contribution >= 0.6 is 0 Å². The average Bonchev–Trinajstić information content (AvgIpc) is 2.15. The molecule has 80 valence electrons. The molecular formula is C9H6F4N2. The molecule has 0 unspecified atom stereocenters. The van der Waals surface area contributed by atoms with Gasteiger partial charge in [0.25, 0.3) is 0 Å². The minimum absolute atomic E-state index is 0.0909. The van der Waals surface area contributed by atoms with E-state index in [9.17, 15) is 17.6 Å². The van der Waals surface area contributed by atoms with Crippen LogP contribution < -0.4 is 0 Å². The van der Waals surface area contributed by atoms with Crippen molar-refractivity contribution >= 4 is 0 Å². The Balaban J connectivity index is 3.52. The lowest BCUT2D eigenvalue weighted by atomic mass is 10.1. The van der Waals surface area contributed by atoms with E-state index in [1.807, 2.05) is 0 Å². The third-order valence-corrected chi connectivity index (χ3v) is 1.86. The quantitative estimate of drug-likeness (QED) is 0.679. The van der Waals surface area contributed by atoms with Crippen LogP contribution in [0, 0.1) is 17.1 Å². The Labute approximate surface area is 83.2 Å². The van der Waals surface area contributed by atoms with Gasteiger partial charge in [-0.05, 0) is 6.42 Å². The van der Waals surface area contributed by atoms with Gasteiger partial charge in [-0.25, -0.2) is 9.37 Å². The third kappa shape index (κ3) is 2.06. The van der Waals surface area contributed by atoms with Crippen molar-refractivity contribution in [2.24, 2.45) is 0 Å². The summed E-state index contributed by atoms with van der Waals surface area (Å²) < 4.78 is 50.4. The number of aromatic nitrogens is 1. The van der Waals surface area contributed by atoms with E-state index >= 15 is 0 Å². The largest absolute Gasteiger partial charge is 0.422 e. The predicted molar refractivity (Wildman–Crippen MR) is 43.3 cm³/mol. The zero-order valence-electron chi connectivity index (χ0n) is 7.69. The maximum atomic E-state index is 13.3. The molecule has 0 aliphatic carbocycles. The molecule has 1 heterocycles. The summed E-state index contributed by atoms with van der Waals surface area (Å²) in [5, 5.41) is 8.39. The summed E-state index contributed by atoms with van der Waals surface area (Å²) >= 11 is 0. The Morgan fingerprint density at radius 1 is 1.47 bits per heavy atom. The molecule has 0 spiro atoms. The normalized spacial score (nSPS) is 11.2. The fourth-order valence-electron chi connectivity index (χ4n) is 1.12. The minimum atomic E-state index is -4.90. The molecule has 0 bridgehead atoms. The van der Waals surface area contributed by atoms with Crippen molar-refractivity contribution in [3.8, 4) is 6.07 Å². The second kappa shape index (κ2) is 3.85. The van der Waals surface area contributed by atoms with E-state index in [4.69, 9.17) is 5.26 Å². The molecule has 0 N–H and O–H groups in total. The molecule has 0 fully saturated rings. The number of hydrogen-bond donors (Lipinski definition) is 0. The number of pyridine rings is 1. The Kier molecular flexibility index (Phi) is 2.93. The third-order valence-electron chi connectivity index (χ3n) is 1.86. The highest BCUT2D eigenvalue weighted by Gasteiger charge is 2.38. The van der Waals surface area contributed by atoms with Crippen molar-refractivity contribution in [1.82, 2.24) is 4.98 Å². The molecule has 1 rings (SSSR count). The minimum Gasteiger partial charge on any atom is -0.244 e. The first kappa shape index (κ1) is 11.4. The number of alkyl halides is 3. The highest BCUT2D eigenvalue weighted by atomic mass is 19.4. The van der Waals surface area contributed by atoms with Gasteiger partial charge in [-0.3, -0.25) is 0 Å². The number of halogens is 4. The molecule has 0 aliphatic heterocycles. The number of hydrogen-bond acceptors (Lipinski definition) is 2. The first-order valence-corrected chi connectivity index (χ1v) is 4.06. The van der Waals surface area contributed by atoms with Crippen molar-refractivity contribution in [2.75, 3.05) is 0 Å². The van der Waals surface area contributed by atoms with Crippen LogP contribution in [0.4, 0.5) is 17.6 Å². The zero-order valence-corrected chi connectivity index (χ0v) is 7.69. The van der Waals surface area contributed by atoms with Gasteiger partial charge in [-0.2, -0.15) is 18.4 Å². The lowest BCUT2D eigenvalue weighted by Gasteiger charge is -2.11. The smallest absolute Gasteiger partial charge is 0.244 e. The fraction of sp³-hybridized carbons (Fsp3) is 0.333. The summed E-state index contributed by atoms with van der Waals surface area (Å²) in [7, 11) is 0. The van der Waals surface area contributed by atoms with Crippen LogP contribution in [0.2, 0.25) is 0 Å². The van der Waals surface area contributed by atoms with E-state index in [0.29, 0.717) is 0 Å². The van der Waals surface area contributed by atoms with Crippen molar-refractivity contribution < 1.29 is 17.6 Å². The number of nitrogens with zero attached hydrogens (tertiary/aromatic N) is 2. The Hall–Kier alpha value is -1.64. The van der Waals surface area contributed by atoms with Crippen LogP contribution in [0.3, 0.4) is 0 Å². The van der Waals surface area contributed by atoms with E-state index in [2.05, 4.69) is 4.98 Å². The van der Waals surface area contributed by atoms with E-state index in [0.717, 1.165) is 6.20 Å². The SMILES string of the molecule is CCc1cnc(C#N)c(C(F)(F)F)c1F. The van der Waals surface area contributed by atoms with E-state index < -0.39 is 23.3 Å². The maximum Gasteiger partial charge on any atom is 0.422 e. The fourth-order valence-corrected chi connectivity index (χ4v) is 1.12. The van der Waals surface area contributed by atoms with E-state index in [-0.39, 0.29) is 12.0 Å². The first-order chi connectivity index (χ1) is 6.91. The molecule has 0 radical (unpaired) electrons. The molecule has 2 nitrogen and oxygen atoms in total. The second-order valence-electron chi connectivity index (χ2n) is 2.78. The Morgan fingerprint density at radius 2 is 2.07 bits per heavy atom. The Morgan fingerprint density at radius 3 is 2.47 bits per heavy atom. The van der Waals surface area contributed by atoms with Gasteiger partial charge in [0, 0.05) is 11.8 Å². The van der Waals surface area contributed by atoms with Crippen LogP contribution in [0.1, 0.15) is 23.7 Å². The van der Waals surface area contributed by atoms with Gasteiger partial charge in [0.1, 0.15) is 17.4 Å². The number of aryl methyl sites for hydroxylation is 1. The van der Waals surface area contributed by atoms with Crippen LogP contribution in [0.15, 0.2) is 6.20 Å². The molecular weight excluding hydrogens is 212 g/mol. The molecule has 1 aromatic heterocycles. The van der Waals surface area contributed by atoms with Crippen molar-refractivity contribution in [2.45, 2.75) is 19.5 Å². The molecule has 6 heteroatoms. The van der Waals surface area contributed by atoms with Gasteiger partial charge in [0.05, 0.1) is 0 Å². The molecule has 15 heavy (non-hydrogen) atoms. The zero-order chi connectivity index (χ0) is 11.6. The van der Waals surface area contributed by atoms with Gasteiger partial charge < -0.3 is 0 Å². The van der Waals surface area contributed by atoms with Gasteiger partial charge >= 0.3 is 6.18 Å². The molecule has 0 aromatic carbocycles. The number of rotatable bonds is 1. The molecule has 1 aromatic rings. The maximum absolute atomic E-state index is 13.3. The summed E-state index contributed by atoms with van der Waals surface area (Å²) in [5.41, 5.74) is -2.66. The van der Waals surface area contributed by atoms with Crippen LogP contribution in [-0.2, 0) is 12.6 Å². The summed E-state index contributed by atoms with van der Waals surface area (Å²) in [6.45, 7) is 1.51. The summed E-state index contributed by atoms with van der Waals surface area (Å²) in [6, 6.07) is 1.22. The monoisotopic (exact) mass is 218 g/mol. The van der Waals surface area contributed by atoms with Crippen molar-refractivity contribution in [3.05, 3.63) is 28.8 Å². The van der Waals surface area contributed by atoms with E-state index in [1.165, 1.54) is 13.0 Å². The Bertz CT molecular complexity index is 417. The molecule has 0 saturated heterocycles. The lowest BCUT2D eigenvalue weighted by Crippen LogP contribution is -2.14. The van der Waals surface area contributed by atoms with Gasteiger partial charge in [-0.1, -0.05) is 6.92 Å². The lowest BCUT2D eigenvalue weighted by molar-refractivity contribution is -0.140. The van der Waals surface area contributed by atoms with Crippen molar-refractivity contribution in [1.29, 1.82) is 5.26 Å². The van der Waals surface area contributed by atoms with E-state index in [1.54, 1.807) is 0 Å². The summed E-state index contributed by atoms with van der Waals surface area (Å²) in [4.78, 5) is 3.27. The van der Waals surface area contributed by atoms with Crippen LogP contribution in [-0.4, -0.2) is 4.98 Å². The van der Waals surface area contributed by atoms with Gasteiger partial charge in [0.2, 0.25) is 0 Å².